The van der Waals surface area contributed by atoms with Crippen molar-refractivity contribution in [2.75, 3.05) is 20.2 Å². The van der Waals surface area contributed by atoms with Crippen molar-refractivity contribution in [2.24, 2.45) is 5.92 Å². The number of carbonyl (C=O) groups excluding carboxylic acids is 3. The molecule has 1 aliphatic rings. The van der Waals surface area contributed by atoms with Gasteiger partial charge in [0.05, 0.1) is 12.0 Å². The highest BCUT2D eigenvalue weighted by Gasteiger charge is 2.36. The van der Waals surface area contributed by atoms with Gasteiger partial charge in [0.25, 0.3) is 11.1 Å². The van der Waals surface area contributed by atoms with E-state index in [9.17, 15) is 19.5 Å². The molecule has 0 spiro atoms. The van der Waals surface area contributed by atoms with Gasteiger partial charge < -0.3 is 15.2 Å². The molecule has 0 atom stereocenters. The second-order valence-electron chi connectivity index (χ2n) is 6.01. The van der Waals surface area contributed by atoms with Crippen LogP contribution in [0.15, 0.2) is 21.5 Å². The first-order valence-electron chi connectivity index (χ1n) is 7.81. The van der Waals surface area contributed by atoms with Crippen LogP contribution < -0.4 is 10.1 Å². The molecule has 1 aromatic rings. The Labute approximate surface area is 163 Å². The van der Waals surface area contributed by atoms with Crippen LogP contribution >= 0.6 is 27.7 Å². The molecule has 2 rings (SSSR count). The number of nitrogens with one attached hydrogen (secondary N) is 1. The number of carbonyl (C=O) groups is 3. The second-order valence-corrected chi connectivity index (χ2v) is 7.86. The number of imide groups is 1. The molecular weight excluding hydrogens is 424 g/mol. The number of amides is 3. The fraction of sp³-hybridized carbons (Fsp3) is 0.353. The van der Waals surface area contributed by atoms with Gasteiger partial charge in [-0.1, -0.05) is 29.8 Å². The number of rotatable bonds is 6. The Hall–Kier alpha value is -2.00. The van der Waals surface area contributed by atoms with Crippen LogP contribution in [0.4, 0.5) is 4.79 Å². The van der Waals surface area contributed by atoms with Gasteiger partial charge in [-0.05, 0) is 41.5 Å². The van der Waals surface area contributed by atoms with E-state index in [-0.39, 0.29) is 34.8 Å². The first kappa shape index (κ1) is 20.3. The summed E-state index contributed by atoms with van der Waals surface area (Å²) in [5.74, 6) is -0.442. The van der Waals surface area contributed by atoms with Gasteiger partial charge in [0, 0.05) is 11.0 Å². The molecule has 1 aliphatic heterocycles. The Morgan fingerprint density at radius 1 is 1.42 bits per heavy atom. The van der Waals surface area contributed by atoms with Crippen LogP contribution in [0.5, 0.6) is 11.5 Å². The zero-order valence-corrected chi connectivity index (χ0v) is 16.9. The summed E-state index contributed by atoms with van der Waals surface area (Å²) in [5.41, 5.74) is 0.564. The number of phenols is 1. The highest BCUT2D eigenvalue weighted by Crippen LogP contribution is 2.37. The van der Waals surface area contributed by atoms with Gasteiger partial charge in [0.1, 0.15) is 6.54 Å². The second kappa shape index (κ2) is 8.59. The van der Waals surface area contributed by atoms with Crippen LogP contribution in [0, 0.1) is 5.92 Å². The van der Waals surface area contributed by atoms with E-state index < -0.39 is 11.1 Å². The van der Waals surface area contributed by atoms with Crippen molar-refractivity contribution in [3.8, 4) is 11.5 Å². The molecule has 1 saturated heterocycles. The summed E-state index contributed by atoms with van der Waals surface area (Å²) in [7, 11) is 1.41. The average Bonchev–Trinajstić information content (AvgIpc) is 2.83. The summed E-state index contributed by atoms with van der Waals surface area (Å²) >= 11 is 4.06. The van der Waals surface area contributed by atoms with Crippen molar-refractivity contribution in [3.63, 3.8) is 0 Å². The van der Waals surface area contributed by atoms with E-state index in [2.05, 4.69) is 21.2 Å². The molecule has 140 valence electrons. The van der Waals surface area contributed by atoms with E-state index in [0.717, 1.165) is 16.7 Å². The number of hydrogen-bond acceptors (Lipinski definition) is 6. The minimum Gasteiger partial charge on any atom is -0.504 e. The van der Waals surface area contributed by atoms with Gasteiger partial charge in [-0.3, -0.25) is 19.3 Å². The predicted octanol–water partition coefficient (Wildman–Crippen LogP) is 2.97. The van der Waals surface area contributed by atoms with Crippen molar-refractivity contribution in [1.29, 1.82) is 0 Å². The minimum atomic E-state index is -0.529. The number of hydrogen-bond donors (Lipinski definition) is 2. The minimum absolute atomic E-state index is 0.0496. The maximum atomic E-state index is 12.5. The Morgan fingerprint density at radius 2 is 2.12 bits per heavy atom. The third-order valence-electron chi connectivity index (χ3n) is 3.47. The first-order valence-corrected chi connectivity index (χ1v) is 9.42. The Balaban J connectivity index is 2.18. The van der Waals surface area contributed by atoms with E-state index in [1.807, 2.05) is 13.8 Å². The zero-order chi connectivity index (χ0) is 19.4. The highest BCUT2D eigenvalue weighted by molar-refractivity contribution is 9.10. The molecule has 1 heterocycles. The lowest BCUT2D eigenvalue weighted by Crippen LogP contribution is -2.40. The molecule has 0 aliphatic carbocycles. The number of ether oxygens (including phenoxy) is 1. The average molecular weight is 443 g/mol. The summed E-state index contributed by atoms with van der Waals surface area (Å²) in [4.78, 5) is 37.6. The topological polar surface area (TPSA) is 95.9 Å². The zero-order valence-electron chi connectivity index (χ0n) is 14.5. The van der Waals surface area contributed by atoms with E-state index >= 15 is 0 Å². The molecule has 0 bridgehead atoms. The normalized spacial score (nSPS) is 15.9. The third-order valence-corrected chi connectivity index (χ3v) is 5.06. The molecule has 0 radical (unpaired) electrons. The summed E-state index contributed by atoms with van der Waals surface area (Å²) in [6, 6.07) is 2.98. The van der Waals surface area contributed by atoms with Crippen molar-refractivity contribution in [3.05, 3.63) is 27.1 Å². The number of nitrogens with zero attached hydrogens (tertiary/aromatic N) is 1. The van der Waals surface area contributed by atoms with Crippen molar-refractivity contribution in [1.82, 2.24) is 10.2 Å². The lowest BCUT2D eigenvalue weighted by molar-refractivity contribution is -0.129. The van der Waals surface area contributed by atoms with Crippen LogP contribution in [0.3, 0.4) is 0 Å². The molecule has 1 aromatic carbocycles. The molecule has 26 heavy (non-hydrogen) atoms. The van der Waals surface area contributed by atoms with Crippen molar-refractivity contribution >= 4 is 50.8 Å². The van der Waals surface area contributed by atoms with E-state index in [0.29, 0.717) is 16.6 Å². The summed E-state index contributed by atoms with van der Waals surface area (Å²) in [6.07, 6.45) is 1.52. The number of halogens is 1. The molecule has 0 aromatic heterocycles. The van der Waals surface area contributed by atoms with Gasteiger partial charge in [0.15, 0.2) is 11.5 Å². The van der Waals surface area contributed by atoms with Crippen LogP contribution in [0.1, 0.15) is 19.4 Å². The van der Waals surface area contributed by atoms with Gasteiger partial charge in [0.2, 0.25) is 5.91 Å². The van der Waals surface area contributed by atoms with Gasteiger partial charge >= 0.3 is 0 Å². The number of benzene rings is 1. The number of phenolic OH excluding ortho intramolecular Hbond substituents is 1. The molecule has 3 amide bonds. The van der Waals surface area contributed by atoms with E-state index in [4.69, 9.17) is 4.74 Å². The largest absolute Gasteiger partial charge is 0.504 e. The van der Waals surface area contributed by atoms with Crippen LogP contribution in [0.25, 0.3) is 6.08 Å². The molecule has 2 N–H and O–H groups in total. The summed E-state index contributed by atoms with van der Waals surface area (Å²) < 4.78 is 5.59. The SMILES string of the molecule is COc1cc(/C=C2\SC(=O)N(CC(=O)NCC(C)C)C2=O)c(Br)cc1O. The lowest BCUT2D eigenvalue weighted by Gasteiger charge is -2.13. The fourth-order valence-electron chi connectivity index (χ4n) is 2.13. The molecular formula is C17H19BrN2O5S. The lowest BCUT2D eigenvalue weighted by atomic mass is 10.2. The summed E-state index contributed by atoms with van der Waals surface area (Å²) in [5, 5.41) is 11.9. The van der Waals surface area contributed by atoms with E-state index in [1.165, 1.54) is 19.3 Å². The molecule has 1 fully saturated rings. The highest BCUT2D eigenvalue weighted by atomic mass is 79.9. The Bertz CT molecular complexity index is 779. The van der Waals surface area contributed by atoms with Crippen molar-refractivity contribution in [2.45, 2.75) is 13.8 Å². The summed E-state index contributed by atoms with van der Waals surface area (Å²) in [6.45, 7) is 4.07. The smallest absolute Gasteiger partial charge is 0.294 e. The first-order chi connectivity index (χ1) is 12.2. The number of thioether (sulfide) groups is 1. The van der Waals surface area contributed by atoms with Crippen LogP contribution in [0.2, 0.25) is 0 Å². The van der Waals surface area contributed by atoms with Gasteiger partial charge in [-0.2, -0.15) is 0 Å². The fourth-order valence-corrected chi connectivity index (χ4v) is 3.40. The van der Waals surface area contributed by atoms with Crippen molar-refractivity contribution < 1.29 is 24.2 Å². The third kappa shape index (κ3) is 4.79. The van der Waals surface area contributed by atoms with Gasteiger partial charge in [-0.25, -0.2) is 0 Å². The van der Waals surface area contributed by atoms with Crippen LogP contribution in [-0.2, 0) is 9.59 Å². The van der Waals surface area contributed by atoms with Crippen LogP contribution in [-0.4, -0.2) is 47.3 Å². The maximum absolute atomic E-state index is 12.5. The quantitative estimate of drug-likeness (QED) is 0.657. The Kier molecular flexibility index (Phi) is 6.71. The molecule has 7 nitrogen and oxygen atoms in total. The standard InChI is InChI=1S/C17H19BrN2O5S/c1-9(2)7-19-15(22)8-20-16(23)14(26-17(20)24)5-10-4-13(25-3)12(21)6-11(10)18/h4-6,9,21H,7-8H2,1-3H3,(H,19,22)/b14-5-. The maximum Gasteiger partial charge on any atom is 0.294 e. The number of methoxy groups -OCH3 is 1. The molecule has 9 heteroatoms. The monoisotopic (exact) mass is 442 g/mol. The number of aromatic hydroxyl groups is 1. The Morgan fingerprint density at radius 3 is 2.73 bits per heavy atom. The van der Waals surface area contributed by atoms with E-state index in [1.54, 1.807) is 6.07 Å². The molecule has 0 saturated carbocycles. The molecule has 0 unspecified atom stereocenters. The van der Waals surface area contributed by atoms with Gasteiger partial charge in [-0.15, -0.1) is 0 Å². The predicted molar refractivity (Wildman–Crippen MR) is 103 cm³/mol.